The molecule has 1 heterocycles. The first-order valence-corrected chi connectivity index (χ1v) is 8.03. The molecule has 1 aromatic carbocycles. The second-order valence-corrected chi connectivity index (χ2v) is 5.52. The van der Waals surface area contributed by atoms with Crippen LogP contribution in [0.3, 0.4) is 0 Å². The molecule has 0 spiro atoms. The number of hydrazone groups is 1. The molecule has 1 aliphatic heterocycles. The molecule has 1 atom stereocenters. The molecule has 0 aromatic heterocycles. The van der Waals surface area contributed by atoms with Gasteiger partial charge in [-0.2, -0.15) is 5.10 Å². The smallest absolute Gasteiger partial charge is 0.187 e. The van der Waals surface area contributed by atoms with Crippen molar-refractivity contribution in [1.82, 2.24) is 10.7 Å². The number of hydrogen-bond acceptors (Lipinski definition) is 4. The molecule has 0 amide bonds. The average molecular weight is 321 g/mol. The molecule has 0 saturated carbocycles. The predicted molar refractivity (Wildman–Crippen MR) is 92.5 cm³/mol. The maximum atomic E-state index is 5.53. The Morgan fingerprint density at radius 3 is 2.82 bits per heavy atom. The normalized spacial score (nSPS) is 18.1. The van der Waals surface area contributed by atoms with E-state index in [1.54, 1.807) is 0 Å². The lowest BCUT2D eigenvalue weighted by Gasteiger charge is -2.12. The second-order valence-electron chi connectivity index (χ2n) is 5.11. The maximum absolute atomic E-state index is 5.53. The van der Waals surface area contributed by atoms with E-state index < -0.39 is 0 Å². The van der Waals surface area contributed by atoms with Crippen LogP contribution in [-0.4, -0.2) is 36.7 Å². The molecule has 0 bridgehead atoms. The van der Waals surface area contributed by atoms with E-state index in [-0.39, 0.29) is 6.10 Å². The SMILES string of the molecule is CCOc1ccc(/C(C)=N\NC(=S)NC[C@@H]2CCCO2)cc1. The molecule has 22 heavy (non-hydrogen) atoms. The van der Waals surface area contributed by atoms with Gasteiger partial charge in [-0.25, -0.2) is 0 Å². The van der Waals surface area contributed by atoms with Crippen LogP contribution in [0.2, 0.25) is 0 Å². The van der Waals surface area contributed by atoms with Crippen LogP contribution in [0.15, 0.2) is 29.4 Å². The van der Waals surface area contributed by atoms with Crippen molar-refractivity contribution in [3.8, 4) is 5.75 Å². The van der Waals surface area contributed by atoms with Gasteiger partial charge in [0, 0.05) is 13.2 Å². The van der Waals surface area contributed by atoms with Crippen molar-refractivity contribution in [3.63, 3.8) is 0 Å². The highest BCUT2D eigenvalue weighted by atomic mass is 32.1. The molecule has 6 heteroatoms. The van der Waals surface area contributed by atoms with Gasteiger partial charge >= 0.3 is 0 Å². The molecule has 2 rings (SSSR count). The minimum absolute atomic E-state index is 0.260. The summed E-state index contributed by atoms with van der Waals surface area (Å²) in [7, 11) is 0. The summed E-state index contributed by atoms with van der Waals surface area (Å²) >= 11 is 5.21. The summed E-state index contributed by atoms with van der Waals surface area (Å²) in [5.74, 6) is 0.862. The van der Waals surface area contributed by atoms with E-state index in [2.05, 4.69) is 15.8 Å². The molecule has 0 unspecified atom stereocenters. The third-order valence-corrected chi connectivity index (χ3v) is 3.66. The van der Waals surface area contributed by atoms with Crippen molar-refractivity contribution in [1.29, 1.82) is 0 Å². The van der Waals surface area contributed by atoms with Crippen LogP contribution in [0, 0.1) is 0 Å². The van der Waals surface area contributed by atoms with Gasteiger partial charge in [-0.15, -0.1) is 0 Å². The number of benzene rings is 1. The topological polar surface area (TPSA) is 54.9 Å². The molecule has 1 aliphatic rings. The van der Waals surface area contributed by atoms with Crippen LogP contribution in [-0.2, 0) is 4.74 Å². The fraction of sp³-hybridized carbons (Fsp3) is 0.500. The quantitative estimate of drug-likeness (QED) is 0.479. The number of ether oxygens (including phenoxy) is 2. The predicted octanol–water partition coefficient (Wildman–Crippen LogP) is 2.45. The van der Waals surface area contributed by atoms with Crippen LogP contribution in [0.25, 0.3) is 0 Å². The van der Waals surface area contributed by atoms with E-state index in [4.69, 9.17) is 21.7 Å². The zero-order valence-corrected chi connectivity index (χ0v) is 13.9. The zero-order chi connectivity index (χ0) is 15.8. The minimum atomic E-state index is 0.260. The lowest BCUT2D eigenvalue weighted by Crippen LogP contribution is -2.37. The second kappa shape index (κ2) is 8.70. The summed E-state index contributed by atoms with van der Waals surface area (Å²) in [4.78, 5) is 0. The Morgan fingerprint density at radius 1 is 1.41 bits per heavy atom. The van der Waals surface area contributed by atoms with Gasteiger partial charge in [-0.3, -0.25) is 5.43 Å². The van der Waals surface area contributed by atoms with Crippen LogP contribution in [0.5, 0.6) is 5.75 Å². The Morgan fingerprint density at radius 2 is 2.18 bits per heavy atom. The summed E-state index contributed by atoms with van der Waals surface area (Å²) in [5.41, 5.74) is 4.76. The molecule has 1 saturated heterocycles. The minimum Gasteiger partial charge on any atom is -0.494 e. The maximum Gasteiger partial charge on any atom is 0.187 e. The number of nitrogens with one attached hydrogen (secondary N) is 2. The summed E-state index contributed by atoms with van der Waals surface area (Å²) in [6.07, 6.45) is 2.47. The van der Waals surface area contributed by atoms with Gasteiger partial charge in [0.1, 0.15) is 5.75 Å². The molecule has 1 aromatic rings. The largest absolute Gasteiger partial charge is 0.494 e. The van der Waals surface area contributed by atoms with Gasteiger partial charge in [0.15, 0.2) is 5.11 Å². The summed E-state index contributed by atoms with van der Waals surface area (Å²) in [6.45, 7) is 6.14. The first-order chi connectivity index (χ1) is 10.7. The van der Waals surface area contributed by atoms with Crippen molar-refractivity contribution in [3.05, 3.63) is 29.8 Å². The molecule has 1 fully saturated rings. The van der Waals surface area contributed by atoms with E-state index in [1.165, 1.54) is 0 Å². The van der Waals surface area contributed by atoms with Crippen molar-refractivity contribution in [2.45, 2.75) is 32.8 Å². The van der Waals surface area contributed by atoms with E-state index in [0.717, 1.165) is 43.0 Å². The van der Waals surface area contributed by atoms with E-state index in [0.29, 0.717) is 11.7 Å². The molecule has 0 radical (unpaired) electrons. The Bertz CT molecular complexity index is 511. The van der Waals surface area contributed by atoms with Crippen molar-refractivity contribution < 1.29 is 9.47 Å². The van der Waals surface area contributed by atoms with Gasteiger partial charge in [0.2, 0.25) is 0 Å². The van der Waals surface area contributed by atoms with Gasteiger partial charge in [-0.05, 0) is 68.7 Å². The third-order valence-electron chi connectivity index (χ3n) is 3.42. The molecular formula is C16H23N3O2S. The van der Waals surface area contributed by atoms with Gasteiger partial charge in [0.25, 0.3) is 0 Å². The first-order valence-electron chi connectivity index (χ1n) is 7.62. The van der Waals surface area contributed by atoms with Crippen LogP contribution < -0.4 is 15.5 Å². The molecule has 120 valence electrons. The Balaban J connectivity index is 1.79. The lowest BCUT2D eigenvalue weighted by molar-refractivity contribution is 0.114. The molecular weight excluding hydrogens is 298 g/mol. The van der Waals surface area contributed by atoms with E-state index in [9.17, 15) is 0 Å². The van der Waals surface area contributed by atoms with Gasteiger partial charge in [-0.1, -0.05) is 0 Å². The highest BCUT2D eigenvalue weighted by Gasteiger charge is 2.15. The Kier molecular flexibility index (Phi) is 6.61. The fourth-order valence-corrected chi connectivity index (χ4v) is 2.34. The van der Waals surface area contributed by atoms with E-state index in [1.807, 2.05) is 38.1 Å². The van der Waals surface area contributed by atoms with Crippen LogP contribution >= 0.6 is 12.2 Å². The fourth-order valence-electron chi connectivity index (χ4n) is 2.21. The van der Waals surface area contributed by atoms with Gasteiger partial charge < -0.3 is 14.8 Å². The van der Waals surface area contributed by atoms with Crippen LogP contribution in [0.1, 0.15) is 32.3 Å². The first kappa shape index (κ1) is 16.7. The summed E-state index contributed by atoms with van der Waals surface area (Å²) in [6, 6.07) is 7.83. The monoisotopic (exact) mass is 321 g/mol. The number of rotatable bonds is 6. The summed E-state index contributed by atoms with van der Waals surface area (Å²) < 4.78 is 11.0. The lowest BCUT2D eigenvalue weighted by atomic mass is 10.1. The van der Waals surface area contributed by atoms with Crippen molar-refractivity contribution >= 4 is 23.0 Å². The Hall–Kier alpha value is -1.66. The molecule has 5 nitrogen and oxygen atoms in total. The highest BCUT2D eigenvalue weighted by Crippen LogP contribution is 2.12. The average Bonchev–Trinajstić information content (AvgIpc) is 3.05. The molecule has 0 aliphatic carbocycles. The number of hydrogen-bond donors (Lipinski definition) is 2. The molecule has 2 N–H and O–H groups in total. The highest BCUT2D eigenvalue weighted by molar-refractivity contribution is 7.80. The van der Waals surface area contributed by atoms with E-state index >= 15 is 0 Å². The van der Waals surface area contributed by atoms with Crippen LogP contribution in [0.4, 0.5) is 0 Å². The Labute approximate surface area is 137 Å². The summed E-state index contributed by atoms with van der Waals surface area (Å²) in [5, 5.41) is 7.94. The van der Waals surface area contributed by atoms with Gasteiger partial charge in [0.05, 0.1) is 18.4 Å². The standard InChI is InChI=1S/C16H23N3O2S/c1-3-20-14-8-6-13(7-9-14)12(2)18-19-16(22)17-11-15-5-4-10-21-15/h6-9,15H,3-5,10-11H2,1-2H3,(H2,17,19,22)/b18-12-/t15-/m0/s1. The zero-order valence-electron chi connectivity index (χ0n) is 13.1. The number of thiocarbonyl (C=S) groups is 1. The number of nitrogens with zero attached hydrogens (tertiary/aromatic N) is 1. The van der Waals surface area contributed by atoms with Crippen molar-refractivity contribution in [2.24, 2.45) is 5.10 Å². The third kappa shape index (κ3) is 5.27. The van der Waals surface area contributed by atoms with Crippen molar-refractivity contribution in [2.75, 3.05) is 19.8 Å².